The van der Waals surface area contributed by atoms with Gasteiger partial charge in [0.15, 0.2) is 0 Å². The van der Waals surface area contributed by atoms with Crippen molar-refractivity contribution < 1.29 is 0 Å². The molecule has 0 spiro atoms. The minimum Gasteiger partial charge on any atom is -0.312 e. The van der Waals surface area contributed by atoms with Crippen LogP contribution in [0.2, 0.25) is 0 Å². The van der Waals surface area contributed by atoms with Crippen LogP contribution in [0.4, 0.5) is 0 Å². The first-order chi connectivity index (χ1) is 7.50. The number of halogens is 1. The molecule has 3 heteroatoms. The molecule has 1 heterocycles. The SMILES string of the molecule is CC(C)C(CNCc1csc(Br)c1)C(C)C. The zero-order chi connectivity index (χ0) is 12.1. The summed E-state index contributed by atoms with van der Waals surface area (Å²) in [5.41, 5.74) is 1.38. The summed E-state index contributed by atoms with van der Waals surface area (Å²) in [5, 5.41) is 5.77. The van der Waals surface area contributed by atoms with Crippen molar-refractivity contribution in [3.8, 4) is 0 Å². The lowest BCUT2D eigenvalue weighted by Crippen LogP contribution is -2.29. The standard InChI is InChI=1S/C13H22BrNS/c1-9(2)12(10(3)4)7-15-6-11-5-13(14)16-8-11/h5,8-10,12,15H,6-7H2,1-4H3. The van der Waals surface area contributed by atoms with E-state index in [4.69, 9.17) is 0 Å². The van der Waals surface area contributed by atoms with E-state index < -0.39 is 0 Å². The quantitative estimate of drug-likeness (QED) is 0.814. The normalized spacial score (nSPS) is 12.0. The van der Waals surface area contributed by atoms with Gasteiger partial charge in [0.1, 0.15) is 0 Å². The molecule has 0 fully saturated rings. The zero-order valence-corrected chi connectivity index (χ0v) is 13.0. The molecular weight excluding hydrogens is 282 g/mol. The van der Waals surface area contributed by atoms with Gasteiger partial charge < -0.3 is 5.32 Å². The lowest BCUT2D eigenvalue weighted by Gasteiger charge is -2.25. The highest BCUT2D eigenvalue weighted by molar-refractivity contribution is 9.11. The van der Waals surface area contributed by atoms with Gasteiger partial charge in [-0.15, -0.1) is 11.3 Å². The van der Waals surface area contributed by atoms with E-state index in [1.165, 1.54) is 9.35 Å². The van der Waals surface area contributed by atoms with Crippen LogP contribution in [-0.2, 0) is 6.54 Å². The molecule has 0 aliphatic carbocycles. The maximum atomic E-state index is 3.56. The topological polar surface area (TPSA) is 12.0 Å². The Morgan fingerprint density at radius 1 is 1.25 bits per heavy atom. The fraction of sp³-hybridized carbons (Fsp3) is 0.692. The van der Waals surface area contributed by atoms with Crippen LogP contribution in [0.25, 0.3) is 0 Å². The molecule has 0 saturated heterocycles. The van der Waals surface area contributed by atoms with Crippen LogP contribution in [-0.4, -0.2) is 6.54 Å². The zero-order valence-electron chi connectivity index (χ0n) is 10.6. The van der Waals surface area contributed by atoms with Crippen molar-refractivity contribution in [3.63, 3.8) is 0 Å². The average Bonchev–Trinajstić information content (AvgIpc) is 2.57. The first-order valence-electron chi connectivity index (χ1n) is 5.94. The molecule has 0 aliphatic rings. The van der Waals surface area contributed by atoms with E-state index in [0.717, 1.165) is 30.8 Å². The van der Waals surface area contributed by atoms with Crippen molar-refractivity contribution in [1.82, 2.24) is 5.32 Å². The average molecular weight is 304 g/mol. The van der Waals surface area contributed by atoms with Crippen molar-refractivity contribution in [3.05, 3.63) is 20.8 Å². The van der Waals surface area contributed by atoms with Crippen LogP contribution in [0.3, 0.4) is 0 Å². The summed E-state index contributed by atoms with van der Waals surface area (Å²) in [6.45, 7) is 11.4. The third-order valence-electron chi connectivity index (χ3n) is 3.04. The maximum absolute atomic E-state index is 3.56. The molecule has 0 bridgehead atoms. The minimum atomic E-state index is 0.752. The van der Waals surface area contributed by atoms with Gasteiger partial charge >= 0.3 is 0 Å². The Morgan fingerprint density at radius 3 is 2.31 bits per heavy atom. The van der Waals surface area contributed by atoms with Gasteiger partial charge in [-0.25, -0.2) is 0 Å². The molecule has 0 saturated carbocycles. The van der Waals surface area contributed by atoms with Gasteiger partial charge in [0.05, 0.1) is 3.79 Å². The van der Waals surface area contributed by atoms with Gasteiger partial charge in [-0.05, 0) is 57.2 Å². The molecule has 1 nitrogen and oxygen atoms in total. The third-order valence-corrected chi connectivity index (χ3v) is 4.60. The molecule has 1 rings (SSSR count). The van der Waals surface area contributed by atoms with E-state index in [0.29, 0.717) is 0 Å². The first-order valence-corrected chi connectivity index (χ1v) is 7.61. The van der Waals surface area contributed by atoms with Crippen LogP contribution in [0.5, 0.6) is 0 Å². The maximum Gasteiger partial charge on any atom is 0.0701 e. The van der Waals surface area contributed by atoms with Crippen LogP contribution >= 0.6 is 27.3 Å². The number of hydrogen-bond donors (Lipinski definition) is 1. The van der Waals surface area contributed by atoms with E-state index in [9.17, 15) is 0 Å². The number of thiophene rings is 1. The van der Waals surface area contributed by atoms with E-state index in [1.54, 1.807) is 11.3 Å². The summed E-state index contributed by atoms with van der Waals surface area (Å²) < 4.78 is 1.22. The second-order valence-corrected chi connectivity index (χ2v) is 7.33. The predicted molar refractivity (Wildman–Crippen MR) is 76.9 cm³/mol. The Hall–Kier alpha value is 0.140. The van der Waals surface area contributed by atoms with Gasteiger partial charge in [-0.3, -0.25) is 0 Å². The minimum absolute atomic E-state index is 0.752. The van der Waals surface area contributed by atoms with Gasteiger partial charge in [-0.1, -0.05) is 27.7 Å². The number of rotatable bonds is 6. The summed E-state index contributed by atoms with van der Waals surface area (Å²) >= 11 is 5.24. The van der Waals surface area contributed by atoms with Crippen molar-refractivity contribution in [1.29, 1.82) is 0 Å². The van der Waals surface area contributed by atoms with Crippen LogP contribution in [0.1, 0.15) is 33.3 Å². The summed E-state index contributed by atoms with van der Waals surface area (Å²) in [6.07, 6.45) is 0. The fourth-order valence-electron chi connectivity index (χ4n) is 2.06. The van der Waals surface area contributed by atoms with Gasteiger partial charge in [0, 0.05) is 6.54 Å². The number of hydrogen-bond acceptors (Lipinski definition) is 2. The predicted octanol–water partition coefficient (Wildman–Crippen LogP) is 4.53. The number of nitrogens with one attached hydrogen (secondary N) is 1. The van der Waals surface area contributed by atoms with E-state index in [2.05, 4.69) is 60.4 Å². The Kier molecular flexibility index (Phi) is 6.01. The Labute approximate surface area is 112 Å². The van der Waals surface area contributed by atoms with Crippen LogP contribution in [0, 0.1) is 17.8 Å². The second-order valence-electron chi connectivity index (χ2n) is 5.04. The van der Waals surface area contributed by atoms with E-state index >= 15 is 0 Å². The largest absolute Gasteiger partial charge is 0.312 e. The molecule has 92 valence electrons. The van der Waals surface area contributed by atoms with Crippen LogP contribution in [0.15, 0.2) is 15.2 Å². The highest BCUT2D eigenvalue weighted by Gasteiger charge is 2.16. The lowest BCUT2D eigenvalue weighted by atomic mass is 9.85. The highest BCUT2D eigenvalue weighted by atomic mass is 79.9. The molecule has 1 aromatic rings. The summed E-state index contributed by atoms with van der Waals surface area (Å²) in [7, 11) is 0. The lowest BCUT2D eigenvalue weighted by molar-refractivity contribution is 0.275. The molecule has 1 N–H and O–H groups in total. The monoisotopic (exact) mass is 303 g/mol. The van der Waals surface area contributed by atoms with E-state index in [-0.39, 0.29) is 0 Å². The van der Waals surface area contributed by atoms with Crippen LogP contribution < -0.4 is 5.32 Å². The molecular formula is C13H22BrNS. The Balaban J connectivity index is 2.33. The second kappa shape index (κ2) is 6.77. The molecule has 0 amide bonds. The molecule has 0 aromatic carbocycles. The van der Waals surface area contributed by atoms with Crippen molar-refractivity contribution >= 4 is 27.3 Å². The summed E-state index contributed by atoms with van der Waals surface area (Å²) in [4.78, 5) is 0. The molecule has 0 aliphatic heterocycles. The van der Waals surface area contributed by atoms with Crippen molar-refractivity contribution in [2.75, 3.05) is 6.54 Å². The van der Waals surface area contributed by atoms with Crippen molar-refractivity contribution in [2.24, 2.45) is 17.8 Å². The Morgan fingerprint density at radius 2 is 1.88 bits per heavy atom. The first kappa shape index (κ1) is 14.2. The summed E-state index contributed by atoms with van der Waals surface area (Å²) in [5.74, 6) is 2.27. The van der Waals surface area contributed by atoms with E-state index in [1.807, 2.05) is 0 Å². The molecule has 0 unspecified atom stereocenters. The van der Waals surface area contributed by atoms with Gasteiger partial charge in [0.25, 0.3) is 0 Å². The van der Waals surface area contributed by atoms with Crippen molar-refractivity contribution in [2.45, 2.75) is 34.2 Å². The third kappa shape index (κ3) is 4.56. The van der Waals surface area contributed by atoms with Gasteiger partial charge in [-0.2, -0.15) is 0 Å². The van der Waals surface area contributed by atoms with Gasteiger partial charge in [0.2, 0.25) is 0 Å². The molecule has 0 atom stereocenters. The molecule has 0 radical (unpaired) electrons. The Bertz CT molecular complexity index is 299. The highest BCUT2D eigenvalue weighted by Crippen LogP contribution is 2.22. The molecule has 1 aromatic heterocycles. The molecule has 16 heavy (non-hydrogen) atoms. The summed E-state index contributed by atoms with van der Waals surface area (Å²) in [6, 6.07) is 2.19. The fourth-order valence-corrected chi connectivity index (χ4v) is 3.27. The smallest absolute Gasteiger partial charge is 0.0701 e.